The first kappa shape index (κ1) is 20.3. The summed E-state index contributed by atoms with van der Waals surface area (Å²) in [6.07, 6.45) is 5.11. The molecular formula is C22H24N4O3S. The van der Waals surface area contributed by atoms with Crippen LogP contribution < -0.4 is 15.0 Å². The van der Waals surface area contributed by atoms with Crippen molar-refractivity contribution in [2.45, 2.75) is 33.1 Å². The van der Waals surface area contributed by atoms with Gasteiger partial charge < -0.3 is 9.64 Å². The van der Waals surface area contributed by atoms with E-state index in [2.05, 4.69) is 10.2 Å². The Morgan fingerprint density at radius 1 is 1.27 bits per heavy atom. The highest BCUT2D eigenvalue weighted by atomic mass is 32.1. The molecule has 0 bridgehead atoms. The third-order valence-corrected chi connectivity index (χ3v) is 5.55. The molecule has 2 aliphatic rings. The lowest BCUT2D eigenvalue weighted by Crippen LogP contribution is -2.31. The molecule has 0 unspecified atom stereocenters. The van der Waals surface area contributed by atoms with Gasteiger partial charge in [0.2, 0.25) is 5.91 Å². The Hall–Kier alpha value is -3.00. The molecule has 0 atom stereocenters. The van der Waals surface area contributed by atoms with Crippen molar-refractivity contribution in [1.82, 2.24) is 15.2 Å². The van der Waals surface area contributed by atoms with Crippen LogP contribution in [-0.2, 0) is 9.59 Å². The molecule has 8 heteroatoms. The van der Waals surface area contributed by atoms with Crippen LogP contribution in [0.2, 0.25) is 0 Å². The molecule has 3 heterocycles. The van der Waals surface area contributed by atoms with Gasteiger partial charge in [-0.05, 0) is 68.7 Å². The summed E-state index contributed by atoms with van der Waals surface area (Å²) in [5.74, 6) is 0.883. The summed E-state index contributed by atoms with van der Waals surface area (Å²) in [4.78, 5) is 33.0. The van der Waals surface area contributed by atoms with Gasteiger partial charge in [-0.25, -0.2) is 4.98 Å². The topological polar surface area (TPSA) is 74.8 Å². The molecule has 4 rings (SSSR count). The van der Waals surface area contributed by atoms with E-state index in [0.29, 0.717) is 6.61 Å². The number of piperidine rings is 1. The minimum atomic E-state index is -0.386. The standard InChI is InChI=1S/C22H24N4O3S/c1-3-29-17-7-8-18-15(12-17)11-16(20(23-18)25-9-5-4-6-10-25)13-19-21(28)24-22(30)26(19)14(2)27/h7-8,11-13H,3-6,9-10H2,1-2H3,(H,24,28,30)/b19-13-. The largest absolute Gasteiger partial charge is 0.494 e. The molecule has 0 saturated carbocycles. The maximum absolute atomic E-state index is 12.5. The van der Waals surface area contributed by atoms with Crippen LogP contribution >= 0.6 is 12.2 Å². The molecule has 7 nitrogen and oxygen atoms in total. The van der Waals surface area contributed by atoms with E-state index in [1.807, 2.05) is 31.2 Å². The Morgan fingerprint density at radius 3 is 2.73 bits per heavy atom. The molecule has 156 valence electrons. The van der Waals surface area contributed by atoms with Crippen molar-refractivity contribution >= 4 is 51.9 Å². The van der Waals surface area contributed by atoms with E-state index >= 15 is 0 Å². The maximum Gasteiger partial charge on any atom is 0.274 e. The first-order valence-electron chi connectivity index (χ1n) is 10.2. The van der Waals surface area contributed by atoms with Gasteiger partial charge in [-0.3, -0.25) is 19.8 Å². The van der Waals surface area contributed by atoms with Crippen molar-refractivity contribution in [3.05, 3.63) is 35.5 Å². The highest BCUT2D eigenvalue weighted by Crippen LogP contribution is 2.31. The van der Waals surface area contributed by atoms with Crippen LogP contribution in [0.15, 0.2) is 30.0 Å². The Bertz CT molecular complexity index is 1060. The Labute approximate surface area is 180 Å². The number of hydrogen-bond donors (Lipinski definition) is 1. The van der Waals surface area contributed by atoms with Crippen LogP contribution in [0, 0.1) is 0 Å². The number of pyridine rings is 1. The molecule has 2 amide bonds. The lowest BCUT2D eigenvalue weighted by atomic mass is 10.1. The summed E-state index contributed by atoms with van der Waals surface area (Å²) in [6.45, 7) is 5.72. The van der Waals surface area contributed by atoms with Crippen molar-refractivity contribution in [1.29, 1.82) is 0 Å². The van der Waals surface area contributed by atoms with Crippen molar-refractivity contribution in [2.24, 2.45) is 0 Å². The SMILES string of the molecule is CCOc1ccc2nc(N3CCCCC3)c(/C=C3/C(=O)NC(=S)N3C(C)=O)cc2c1. The summed E-state index contributed by atoms with van der Waals surface area (Å²) >= 11 is 5.16. The average molecular weight is 425 g/mol. The second kappa shape index (κ2) is 8.39. The number of nitrogens with one attached hydrogen (secondary N) is 1. The molecule has 0 spiro atoms. The van der Waals surface area contributed by atoms with E-state index in [9.17, 15) is 9.59 Å². The highest BCUT2D eigenvalue weighted by molar-refractivity contribution is 7.80. The number of nitrogens with zero attached hydrogens (tertiary/aromatic N) is 3. The van der Waals surface area contributed by atoms with Crippen LogP contribution in [-0.4, -0.2) is 46.5 Å². The fourth-order valence-electron chi connectivity index (χ4n) is 3.90. The smallest absolute Gasteiger partial charge is 0.274 e. The number of fused-ring (bicyclic) bond motifs is 1. The van der Waals surface area contributed by atoms with Gasteiger partial charge in [0.25, 0.3) is 5.91 Å². The zero-order valence-corrected chi connectivity index (χ0v) is 17.9. The maximum atomic E-state index is 12.5. The van der Waals surface area contributed by atoms with Gasteiger partial charge in [-0.15, -0.1) is 0 Å². The van der Waals surface area contributed by atoms with Gasteiger partial charge in [-0.1, -0.05) is 0 Å². The fourth-order valence-corrected chi connectivity index (χ4v) is 4.22. The quantitative estimate of drug-likeness (QED) is 0.600. The number of ether oxygens (including phenoxy) is 1. The van der Waals surface area contributed by atoms with E-state index in [1.54, 1.807) is 6.08 Å². The van der Waals surface area contributed by atoms with Crippen LogP contribution in [0.25, 0.3) is 17.0 Å². The van der Waals surface area contributed by atoms with Crippen LogP contribution in [0.3, 0.4) is 0 Å². The van der Waals surface area contributed by atoms with E-state index in [4.69, 9.17) is 21.9 Å². The summed E-state index contributed by atoms with van der Waals surface area (Å²) in [6, 6.07) is 7.80. The molecule has 30 heavy (non-hydrogen) atoms. The average Bonchev–Trinajstić information content (AvgIpc) is 3.01. The van der Waals surface area contributed by atoms with Gasteiger partial charge in [0, 0.05) is 31.0 Å². The van der Waals surface area contributed by atoms with Crippen LogP contribution in [0.1, 0.15) is 38.7 Å². The molecule has 2 aliphatic heterocycles. The normalized spacial score (nSPS) is 18.3. The summed E-state index contributed by atoms with van der Waals surface area (Å²) < 4.78 is 5.63. The molecule has 2 fully saturated rings. The zero-order chi connectivity index (χ0) is 21.3. The second-order valence-corrected chi connectivity index (χ2v) is 7.77. The number of aromatic nitrogens is 1. The monoisotopic (exact) mass is 424 g/mol. The van der Waals surface area contributed by atoms with Gasteiger partial charge in [0.1, 0.15) is 17.3 Å². The van der Waals surface area contributed by atoms with Crippen molar-refractivity contribution in [3.63, 3.8) is 0 Å². The van der Waals surface area contributed by atoms with Gasteiger partial charge in [0.05, 0.1) is 12.1 Å². The van der Waals surface area contributed by atoms with Gasteiger partial charge in [-0.2, -0.15) is 0 Å². The molecule has 1 aromatic carbocycles. The number of rotatable bonds is 4. The van der Waals surface area contributed by atoms with Gasteiger partial charge in [0.15, 0.2) is 5.11 Å². The number of anilines is 1. The third-order valence-electron chi connectivity index (χ3n) is 5.27. The summed E-state index contributed by atoms with van der Waals surface area (Å²) in [5.41, 5.74) is 1.85. The number of carbonyl (C=O) groups is 2. The lowest BCUT2D eigenvalue weighted by Gasteiger charge is -2.29. The van der Waals surface area contributed by atoms with Crippen LogP contribution in [0.4, 0.5) is 5.82 Å². The second-order valence-electron chi connectivity index (χ2n) is 7.38. The minimum absolute atomic E-state index is 0.102. The molecule has 0 aliphatic carbocycles. The number of thiocarbonyl (C=S) groups is 1. The van der Waals surface area contributed by atoms with E-state index in [0.717, 1.165) is 54.0 Å². The number of carbonyl (C=O) groups excluding carboxylic acids is 2. The first-order valence-corrected chi connectivity index (χ1v) is 10.6. The third kappa shape index (κ3) is 3.87. The summed E-state index contributed by atoms with van der Waals surface area (Å²) in [5, 5.41) is 3.56. The molecule has 1 N–H and O–H groups in total. The van der Waals surface area contributed by atoms with Crippen molar-refractivity contribution in [3.8, 4) is 5.75 Å². The first-order chi connectivity index (χ1) is 14.5. The fraction of sp³-hybridized carbons (Fsp3) is 0.364. The van der Waals surface area contributed by atoms with Crippen LogP contribution in [0.5, 0.6) is 5.75 Å². The number of benzene rings is 1. The Morgan fingerprint density at radius 2 is 2.03 bits per heavy atom. The Kier molecular flexibility index (Phi) is 5.67. The van der Waals surface area contributed by atoms with E-state index in [-0.39, 0.29) is 22.6 Å². The van der Waals surface area contributed by atoms with E-state index in [1.165, 1.54) is 18.2 Å². The van der Waals surface area contributed by atoms with Crippen molar-refractivity contribution in [2.75, 3.05) is 24.6 Å². The molecule has 1 aromatic heterocycles. The Balaban J connectivity index is 1.87. The van der Waals surface area contributed by atoms with E-state index < -0.39 is 0 Å². The van der Waals surface area contributed by atoms with Gasteiger partial charge >= 0.3 is 0 Å². The minimum Gasteiger partial charge on any atom is -0.494 e. The van der Waals surface area contributed by atoms with Crippen molar-refractivity contribution < 1.29 is 14.3 Å². The molecular weight excluding hydrogens is 400 g/mol. The highest BCUT2D eigenvalue weighted by Gasteiger charge is 2.33. The summed E-state index contributed by atoms with van der Waals surface area (Å²) in [7, 11) is 0. The number of amides is 2. The number of hydrogen-bond acceptors (Lipinski definition) is 6. The zero-order valence-electron chi connectivity index (χ0n) is 17.1. The predicted octanol–water partition coefficient (Wildman–Crippen LogP) is 3.23. The predicted molar refractivity (Wildman–Crippen MR) is 120 cm³/mol. The lowest BCUT2D eigenvalue weighted by molar-refractivity contribution is -0.125. The molecule has 2 aromatic rings. The molecule has 0 radical (unpaired) electrons. The molecule has 2 saturated heterocycles.